The molecule has 7 nitrogen and oxygen atoms in total. The lowest BCUT2D eigenvalue weighted by Crippen LogP contribution is -2.44. The average molecular weight is 474 g/mol. The lowest BCUT2D eigenvalue weighted by molar-refractivity contribution is -0.384. The molecule has 8 heteroatoms. The molecule has 1 fully saturated rings. The van der Waals surface area contributed by atoms with Gasteiger partial charge in [0.2, 0.25) is 5.91 Å². The predicted molar refractivity (Wildman–Crippen MR) is 117 cm³/mol. The van der Waals surface area contributed by atoms with Crippen LogP contribution in [-0.4, -0.2) is 46.7 Å². The first-order valence-electron chi connectivity index (χ1n) is 9.83. The van der Waals surface area contributed by atoms with E-state index < -0.39 is 4.92 Å². The van der Waals surface area contributed by atoms with Gasteiger partial charge in [-0.3, -0.25) is 19.7 Å². The molecule has 1 saturated heterocycles. The van der Waals surface area contributed by atoms with E-state index in [1.54, 1.807) is 41.1 Å². The Morgan fingerprint density at radius 3 is 2.40 bits per heavy atom. The van der Waals surface area contributed by atoms with Crippen molar-refractivity contribution in [1.29, 1.82) is 0 Å². The van der Waals surface area contributed by atoms with Gasteiger partial charge in [-0.2, -0.15) is 0 Å². The SMILES string of the molecule is CC(c1cccc([N+](=O)[O-])c1)N(C)C(=O)C1CCN(C(=O)c2ccc(Br)cc2)CC1. The Morgan fingerprint density at radius 2 is 1.80 bits per heavy atom. The second kappa shape index (κ2) is 9.38. The molecule has 0 N–H and O–H groups in total. The van der Waals surface area contributed by atoms with Crippen molar-refractivity contribution in [3.63, 3.8) is 0 Å². The van der Waals surface area contributed by atoms with Crippen LogP contribution in [0.2, 0.25) is 0 Å². The largest absolute Gasteiger partial charge is 0.339 e. The Kier molecular flexibility index (Phi) is 6.87. The normalized spacial score (nSPS) is 15.5. The molecule has 30 heavy (non-hydrogen) atoms. The quantitative estimate of drug-likeness (QED) is 0.474. The molecular weight excluding hydrogens is 450 g/mol. The van der Waals surface area contributed by atoms with Gasteiger partial charge in [-0.05, 0) is 49.6 Å². The molecule has 0 spiro atoms. The van der Waals surface area contributed by atoms with Gasteiger partial charge in [0.15, 0.2) is 0 Å². The van der Waals surface area contributed by atoms with Crippen molar-refractivity contribution in [2.24, 2.45) is 5.92 Å². The number of amides is 2. The summed E-state index contributed by atoms with van der Waals surface area (Å²) >= 11 is 3.37. The molecule has 1 aliphatic rings. The van der Waals surface area contributed by atoms with E-state index in [-0.39, 0.29) is 29.5 Å². The number of likely N-dealkylation sites (tertiary alicyclic amines) is 1. The Balaban J connectivity index is 1.60. The summed E-state index contributed by atoms with van der Waals surface area (Å²) in [6.45, 7) is 2.93. The predicted octanol–water partition coefficient (Wildman–Crippen LogP) is 4.43. The minimum absolute atomic E-state index is 0.00440. The van der Waals surface area contributed by atoms with E-state index in [0.29, 0.717) is 31.5 Å². The van der Waals surface area contributed by atoms with Crippen LogP contribution in [0.5, 0.6) is 0 Å². The van der Waals surface area contributed by atoms with Crippen LogP contribution in [0.4, 0.5) is 5.69 Å². The van der Waals surface area contributed by atoms with Gasteiger partial charge in [0.25, 0.3) is 11.6 Å². The summed E-state index contributed by atoms with van der Waals surface area (Å²) in [5.74, 6) is -0.179. The molecule has 2 aromatic carbocycles. The van der Waals surface area contributed by atoms with Crippen molar-refractivity contribution in [2.45, 2.75) is 25.8 Å². The van der Waals surface area contributed by atoms with Crippen LogP contribution in [0, 0.1) is 16.0 Å². The van der Waals surface area contributed by atoms with E-state index in [9.17, 15) is 19.7 Å². The van der Waals surface area contributed by atoms with E-state index in [1.807, 2.05) is 19.1 Å². The maximum absolute atomic E-state index is 13.0. The number of nitrogens with zero attached hydrogens (tertiary/aromatic N) is 3. The highest BCUT2D eigenvalue weighted by Crippen LogP contribution is 2.27. The van der Waals surface area contributed by atoms with Crippen LogP contribution in [-0.2, 0) is 4.79 Å². The molecule has 158 valence electrons. The lowest BCUT2D eigenvalue weighted by Gasteiger charge is -2.35. The van der Waals surface area contributed by atoms with E-state index >= 15 is 0 Å². The number of hydrogen-bond donors (Lipinski definition) is 0. The number of piperidine rings is 1. The van der Waals surface area contributed by atoms with E-state index in [2.05, 4.69) is 15.9 Å². The molecular formula is C22H24BrN3O4. The average Bonchev–Trinajstić information content (AvgIpc) is 2.77. The number of non-ortho nitro benzene ring substituents is 1. The molecule has 3 rings (SSSR count). The highest BCUT2D eigenvalue weighted by molar-refractivity contribution is 9.10. The summed E-state index contributed by atoms with van der Waals surface area (Å²) in [6, 6.07) is 13.4. The van der Waals surface area contributed by atoms with Gasteiger partial charge in [-0.25, -0.2) is 0 Å². The summed E-state index contributed by atoms with van der Waals surface area (Å²) in [4.78, 5) is 39.7. The van der Waals surface area contributed by atoms with Crippen molar-refractivity contribution >= 4 is 33.4 Å². The third-order valence-corrected chi connectivity index (χ3v) is 6.24. The Hall–Kier alpha value is -2.74. The fourth-order valence-electron chi connectivity index (χ4n) is 3.71. The molecule has 1 aliphatic heterocycles. The third kappa shape index (κ3) is 4.87. The molecule has 0 bridgehead atoms. The molecule has 0 aliphatic carbocycles. The summed E-state index contributed by atoms with van der Waals surface area (Å²) in [5.41, 5.74) is 1.38. The number of benzene rings is 2. The first kappa shape index (κ1) is 22.0. The van der Waals surface area contributed by atoms with Crippen molar-refractivity contribution in [3.8, 4) is 0 Å². The van der Waals surface area contributed by atoms with Crippen LogP contribution in [0.15, 0.2) is 53.0 Å². The Bertz CT molecular complexity index is 940. The van der Waals surface area contributed by atoms with Crippen LogP contribution >= 0.6 is 15.9 Å². The van der Waals surface area contributed by atoms with Gasteiger partial charge >= 0.3 is 0 Å². The fraction of sp³-hybridized carbons (Fsp3) is 0.364. The number of carbonyl (C=O) groups is 2. The molecule has 0 radical (unpaired) electrons. The van der Waals surface area contributed by atoms with Crippen LogP contribution in [0.25, 0.3) is 0 Å². The number of nitro groups is 1. The molecule has 2 aromatic rings. The minimum Gasteiger partial charge on any atom is -0.339 e. The third-order valence-electron chi connectivity index (χ3n) is 5.71. The minimum atomic E-state index is -0.434. The fourth-order valence-corrected chi connectivity index (χ4v) is 3.97. The van der Waals surface area contributed by atoms with Gasteiger partial charge in [-0.1, -0.05) is 28.1 Å². The van der Waals surface area contributed by atoms with Crippen molar-refractivity contribution in [2.75, 3.05) is 20.1 Å². The monoisotopic (exact) mass is 473 g/mol. The summed E-state index contributed by atoms with van der Waals surface area (Å²) < 4.78 is 0.921. The lowest BCUT2D eigenvalue weighted by atomic mass is 9.93. The smallest absolute Gasteiger partial charge is 0.269 e. The van der Waals surface area contributed by atoms with E-state index in [4.69, 9.17) is 0 Å². The molecule has 0 aromatic heterocycles. The van der Waals surface area contributed by atoms with Gasteiger partial charge in [0, 0.05) is 48.2 Å². The molecule has 1 unspecified atom stereocenters. The van der Waals surface area contributed by atoms with Crippen molar-refractivity contribution < 1.29 is 14.5 Å². The topological polar surface area (TPSA) is 83.8 Å². The number of rotatable bonds is 5. The summed E-state index contributed by atoms with van der Waals surface area (Å²) in [5, 5.41) is 11.0. The van der Waals surface area contributed by atoms with Gasteiger partial charge in [0.05, 0.1) is 11.0 Å². The van der Waals surface area contributed by atoms with Crippen molar-refractivity contribution in [1.82, 2.24) is 9.80 Å². The van der Waals surface area contributed by atoms with Gasteiger partial charge in [-0.15, -0.1) is 0 Å². The van der Waals surface area contributed by atoms with Crippen LogP contribution < -0.4 is 0 Å². The van der Waals surface area contributed by atoms with Crippen molar-refractivity contribution in [3.05, 3.63) is 74.2 Å². The second-order valence-electron chi connectivity index (χ2n) is 7.55. The second-order valence-corrected chi connectivity index (χ2v) is 8.47. The number of halogens is 1. The highest BCUT2D eigenvalue weighted by Gasteiger charge is 2.31. The molecule has 1 heterocycles. The van der Waals surface area contributed by atoms with Crippen LogP contribution in [0.1, 0.15) is 41.7 Å². The zero-order valence-electron chi connectivity index (χ0n) is 17.0. The number of carbonyl (C=O) groups excluding carboxylic acids is 2. The molecule has 0 saturated carbocycles. The summed E-state index contributed by atoms with van der Waals surface area (Å²) in [6.07, 6.45) is 1.21. The Labute approximate surface area is 183 Å². The zero-order valence-corrected chi connectivity index (χ0v) is 18.5. The standard InChI is InChI=1S/C22H24BrN3O4/c1-15(18-4-3-5-20(14-18)26(29)30)24(2)21(27)17-10-12-25(13-11-17)22(28)16-6-8-19(23)9-7-16/h3-9,14-15,17H,10-13H2,1-2H3. The Morgan fingerprint density at radius 1 is 1.17 bits per heavy atom. The number of hydrogen-bond acceptors (Lipinski definition) is 4. The maximum atomic E-state index is 13.0. The number of nitro benzene ring substituents is 1. The summed E-state index contributed by atoms with van der Waals surface area (Å²) in [7, 11) is 1.73. The maximum Gasteiger partial charge on any atom is 0.269 e. The van der Waals surface area contributed by atoms with Gasteiger partial charge < -0.3 is 9.80 Å². The first-order chi connectivity index (χ1) is 14.3. The first-order valence-corrected chi connectivity index (χ1v) is 10.6. The molecule has 1 atom stereocenters. The zero-order chi connectivity index (χ0) is 21.8. The van der Waals surface area contributed by atoms with Crippen LogP contribution in [0.3, 0.4) is 0 Å². The highest BCUT2D eigenvalue weighted by atomic mass is 79.9. The van der Waals surface area contributed by atoms with Gasteiger partial charge in [0.1, 0.15) is 0 Å². The van der Waals surface area contributed by atoms with E-state index in [1.165, 1.54) is 12.1 Å². The molecule has 2 amide bonds. The van der Waals surface area contributed by atoms with E-state index in [0.717, 1.165) is 10.0 Å².